The van der Waals surface area contributed by atoms with E-state index < -0.39 is 21.4 Å². The first-order valence-electron chi connectivity index (χ1n) is 5.34. The molecule has 8 heteroatoms. The first-order chi connectivity index (χ1) is 8.68. The highest BCUT2D eigenvalue weighted by Crippen LogP contribution is 2.19. The molecule has 0 radical (unpaired) electrons. The molecule has 0 aliphatic rings. The van der Waals surface area contributed by atoms with Gasteiger partial charge >= 0.3 is 0 Å². The predicted molar refractivity (Wildman–Crippen MR) is 78.3 cm³/mol. The summed E-state index contributed by atoms with van der Waals surface area (Å²) in [4.78, 5) is -0.173. The highest BCUT2D eigenvalue weighted by atomic mass is 79.9. The lowest BCUT2D eigenvalue weighted by Gasteiger charge is -2.22. The zero-order valence-electron chi connectivity index (χ0n) is 10.5. The highest BCUT2D eigenvalue weighted by Gasteiger charge is 2.24. The monoisotopic (exact) mass is 371 g/mol. The zero-order chi connectivity index (χ0) is 14.7. The van der Waals surface area contributed by atoms with Gasteiger partial charge in [0.25, 0.3) is 0 Å². The minimum Gasteiger partial charge on any atom is -0.388 e. The molecule has 1 unspecified atom stereocenters. The Morgan fingerprint density at radius 1 is 1.53 bits per heavy atom. The zero-order valence-corrected chi connectivity index (χ0v) is 13.7. The fraction of sp³-hybridized carbons (Fsp3) is 0.455. The maximum Gasteiger partial charge on any atom is 0.240 e. The van der Waals surface area contributed by atoms with Crippen molar-refractivity contribution in [3.8, 4) is 0 Å². The third-order valence-electron chi connectivity index (χ3n) is 2.30. The van der Waals surface area contributed by atoms with Crippen LogP contribution in [0.5, 0.6) is 0 Å². The number of thioether (sulfide) groups is 1. The Morgan fingerprint density at radius 3 is 2.68 bits per heavy atom. The number of aliphatic hydroxyl groups is 1. The van der Waals surface area contributed by atoms with Crippen LogP contribution >= 0.6 is 27.7 Å². The topological polar surface area (TPSA) is 66.4 Å². The van der Waals surface area contributed by atoms with Gasteiger partial charge in [0.15, 0.2) is 0 Å². The molecule has 0 saturated heterocycles. The van der Waals surface area contributed by atoms with Crippen molar-refractivity contribution in [2.75, 3.05) is 18.6 Å². The summed E-state index contributed by atoms with van der Waals surface area (Å²) in [7, 11) is -3.83. The van der Waals surface area contributed by atoms with Crippen LogP contribution in [0.4, 0.5) is 4.39 Å². The number of nitrogens with one attached hydrogen (secondary N) is 1. The van der Waals surface area contributed by atoms with Crippen molar-refractivity contribution >= 4 is 37.7 Å². The van der Waals surface area contributed by atoms with E-state index in [1.807, 2.05) is 6.26 Å². The molecule has 0 bridgehead atoms. The minimum atomic E-state index is -3.83. The normalized spacial score (nSPS) is 15.2. The van der Waals surface area contributed by atoms with Gasteiger partial charge in [0.2, 0.25) is 10.0 Å². The van der Waals surface area contributed by atoms with Crippen LogP contribution in [0.2, 0.25) is 0 Å². The smallest absolute Gasteiger partial charge is 0.240 e. The molecule has 0 saturated carbocycles. The number of hydrogen-bond acceptors (Lipinski definition) is 4. The lowest BCUT2D eigenvalue weighted by molar-refractivity contribution is 0.0908. The molecule has 0 heterocycles. The Kier molecular flexibility index (Phi) is 5.81. The average molecular weight is 372 g/mol. The van der Waals surface area contributed by atoms with Crippen molar-refractivity contribution in [3.05, 3.63) is 28.5 Å². The highest BCUT2D eigenvalue weighted by molar-refractivity contribution is 9.10. The second-order valence-corrected chi connectivity index (χ2v) is 7.82. The second-order valence-electron chi connectivity index (χ2n) is 4.33. The molecule has 4 nitrogen and oxygen atoms in total. The summed E-state index contributed by atoms with van der Waals surface area (Å²) < 4.78 is 39.7. The molecule has 2 N–H and O–H groups in total. The van der Waals surface area contributed by atoms with Gasteiger partial charge in [0, 0.05) is 12.3 Å². The molecule has 108 valence electrons. The van der Waals surface area contributed by atoms with Crippen LogP contribution in [0.25, 0.3) is 0 Å². The van der Waals surface area contributed by atoms with Crippen molar-refractivity contribution in [2.45, 2.75) is 17.4 Å². The maximum atomic E-state index is 13.3. The van der Waals surface area contributed by atoms with E-state index in [1.165, 1.54) is 30.8 Å². The first kappa shape index (κ1) is 16.9. The van der Waals surface area contributed by atoms with Gasteiger partial charge < -0.3 is 5.11 Å². The van der Waals surface area contributed by atoms with Gasteiger partial charge in [-0.15, -0.1) is 0 Å². The molecule has 0 aliphatic heterocycles. The molecular weight excluding hydrogens is 357 g/mol. The van der Waals surface area contributed by atoms with Crippen LogP contribution in [0, 0.1) is 5.82 Å². The number of halogens is 2. The van der Waals surface area contributed by atoms with Crippen molar-refractivity contribution in [2.24, 2.45) is 0 Å². The van der Waals surface area contributed by atoms with E-state index in [4.69, 9.17) is 0 Å². The summed E-state index contributed by atoms with van der Waals surface area (Å²) in [6.07, 6.45) is 1.81. The summed E-state index contributed by atoms with van der Waals surface area (Å²) in [5, 5.41) is 9.89. The van der Waals surface area contributed by atoms with Gasteiger partial charge in [0.1, 0.15) is 5.82 Å². The van der Waals surface area contributed by atoms with E-state index in [2.05, 4.69) is 20.7 Å². The van der Waals surface area contributed by atoms with Crippen LogP contribution in [-0.2, 0) is 10.0 Å². The Hall–Kier alpha value is -0.150. The number of hydrogen-bond donors (Lipinski definition) is 2. The van der Waals surface area contributed by atoms with Gasteiger partial charge in [-0.1, -0.05) is 0 Å². The minimum absolute atomic E-state index is 0.131. The molecule has 1 aromatic carbocycles. The molecule has 19 heavy (non-hydrogen) atoms. The summed E-state index contributed by atoms with van der Waals surface area (Å²) in [6, 6.07) is 3.54. The molecule has 0 aliphatic carbocycles. The fourth-order valence-corrected chi connectivity index (χ4v) is 3.48. The Balaban J connectivity index is 2.84. The standard InChI is InChI=1S/C11H15BrFNO3S2/c1-11(15,7-18-2)6-14-19(16,17)8-3-4-9(12)10(13)5-8/h3-5,14-15H,6-7H2,1-2H3. The summed E-state index contributed by atoms with van der Waals surface area (Å²) >= 11 is 4.36. The van der Waals surface area contributed by atoms with Gasteiger partial charge in [0.05, 0.1) is 15.0 Å². The van der Waals surface area contributed by atoms with Gasteiger partial charge in [-0.25, -0.2) is 17.5 Å². The Morgan fingerprint density at radius 2 is 2.16 bits per heavy atom. The van der Waals surface area contributed by atoms with Crippen LogP contribution in [0.3, 0.4) is 0 Å². The van der Waals surface area contributed by atoms with Crippen molar-refractivity contribution in [3.63, 3.8) is 0 Å². The third-order valence-corrected chi connectivity index (χ3v) is 5.25. The van der Waals surface area contributed by atoms with Gasteiger partial charge in [-0.3, -0.25) is 0 Å². The van der Waals surface area contributed by atoms with E-state index in [-0.39, 0.29) is 15.9 Å². The van der Waals surface area contributed by atoms with Crippen molar-refractivity contribution in [1.29, 1.82) is 0 Å². The van der Waals surface area contributed by atoms with Gasteiger partial charge in [-0.05, 0) is 47.3 Å². The van der Waals surface area contributed by atoms with Crippen molar-refractivity contribution < 1.29 is 17.9 Å². The molecule has 0 fully saturated rings. The predicted octanol–water partition coefficient (Wildman–Crippen LogP) is 1.98. The molecule has 1 aromatic rings. The quantitative estimate of drug-likeness (QED) is 0.802. The number of benzene rings is 1. The molecule has 0 amide bonds. The Labute approximate surface area is 125 Å². The van der Waals surface area contributed by atoms with Gasteiger partial charge in [-0.2, -0.15) is 11.8 Å². The molecule has 0 spiro atoms. The fourth-order valence-electron chi connectivity index (χ4n) is 1.34. The summed E-state index contributed by atoms with van der Waals surface area (Å²) in [5.74, 6) is -0.261. The van der Waals surface area contributed by atoms with E-state index >= 15 is 0 Å². The maximum absolute atomic E-state index is 13.3. The molecular formula is C11H15BrFNO3S2. The number of rotatable bonds is 6. The summed E-state index contributed by atoms with van der Waals surface area (Å²) in [5.41, 5.74) is -1.15. The van der Waals surface area contributed by atoms with Crippen LogP contribution in [-0.4, -0.2) is 37.7 Å². The van der Waals surface area contributed by atoms with Crippen LogP contribution in [0.1, 0.15) is 6.92 Å². The van der Waals surface area contributed by atoms with E-state index in [0.717, 1.165) is 6.07 Å². The number of sulfonamides is 1. The Bertz CT molecular complexity index is 549. The van der Waals surface area contributed by atoms with E-state index in [0.29, 0.717) is 5.75 Å². The van der Waals surface area contributed by atoms with E-state index in [9.17, 15) is 17.9 Å². The molecule has 1 atom stereocenters. The van der Waals surface area contributed by atoms with E-state index in [1.54, 1.807) is 0 Å². The lowest BCUT2D eigenvalue weighted by Crippen LogP contribution is -2.42. The molecule has 1 rings (SSSR count). The third kappa shape index (κ3) is 5.03. The largest absolute Gasteiger partial charge is 0.388 e. The van der Waals surface area contributed by atoms with Crippen LogP contribution < -0.4 is 4.72 Å². The molecule has 0 aromatic heterocycles. The summed E-state index contributed by atoms with van der Waals surface area (Å²) in [6.45, 7) is 1.40. The second kappa shape index (κ2) is 6.53. The SMILES string of the molecule is CSCC(C)(O)CNS(=O)(=O)c1ccc(Br)c(F)c1. The first-order valence-corrected chi connectivity index (χ1v) is 9.01. The van der Waals surface area contributed by atoms with Crippen molar-refractivity contribution in [1.82, 2.24) is 4.72 Å². The average Bonchev–Trinajstić information content (AvgIpc) is 2.30. The lowest BCUT2D eigenvalue weighted by atomic mass is 10.1. The van der Waals surface area contributed by atoms with Crippen LogP contribution in [0.15, 0.2) is 27.6 Å².